The maximum atomic E-state index is 13.1. The molecule has 164 valence electrons. The van der Waals surface area contributed by atoms with Gasteiger partial charge in [-0.15, -0.1) is 23.5 Å². The van der Waals surface area contributed by atoms with Crippen molar-refractivity contribution in [2.75, 3.05) is 11.5 Å². The second-order valence-electron chi connectivity index (χ2n) is 7.18. The van der Waals surface area contributed by atoms with E-state index in [4.69, 9.17) is 12.2 Å². The lowest BCUT2D eigenvalue weighted by Gasteiger charge is -2.16. The molecule has 0 atom stereocenters. The molecular formula is C24H24N4OS3. The highest BCUT2D eigenvalue weighted by Gasteiger charge is 2.10. The van der Waals surface area contributed by atoms with Crippen LogP contribution in [0, 0.1) is 4.77 Å². The summed E-state index contributed by atoms with van der Waals surface area (Å²) >= 11 is 9.37. The molecule has 0 aliphatic carbocycles. The van der Waals surface area contributed by atoms with Gasteiger partial charge in [0.1, 0.15) is 0 Å². The van der Waals surface area contributed by atoms with Crippen LogP contribution in [0.15, 0.2) is 87.9 Å². The van der Waals surface area contributed by atoms with Gasteiger partial charge in [0, 0.05) is 47.7 Å². The second-order valence-corrected chi connectivity index (χ2v) is 9.88. The standard InChI is InChI=1S/C24H24N4OS3/c29-23-21-5-1-2-6-22(21)27(15-3-17-31-19-7-11-25-12-8-19)24(30)28(23)16-4-18-32-20-9-13-26-14-10-20/h1-2,5-14H,3-4,15-18H2. The Morgan fingerprint density at radius 2 is 1.28 bits per heavy atom. The number of hydrogen-bond donors (Lipinski definition) is 0. The molecule has 3 heterocycles. The molecule has 0 unspecified atom stereocenters. The average Bonchev–Trinajstić information content (AvgIpc) is 2.84. The zero-order valence-electron chi connectivity index (χ0n) is 17.6. The SMILES string of the molecule is O=c1c2ccccc2n(CCCSc2ccncc2)c(=S)n1CCCSc1ccncc1. The molecular weight excluding hydrogens is 456 g/mol. The highest BCUT2D eigenvalue weighted by atomic mass is 32.2. The molecule has 0 amide bonds. The van der Waals surface area contributed by atoms with E-state index in [9.17, 15) is 4.79 Å². The highest BCUT2D eigenvalue weighted by Crippen LogP contribution is 2.20. The van der Waals surface area contributed by atoms with Crippen molar-refractivity contribution in [3.8, 4) is 0 Å². The zero-order valence-corrected chi connectivity index (χ0v) is 20.0. The van der Waals surface area contributed by atoms with Gasteiger partial charge in [0.25, 0.3) is 5.56 Å². The number of benzene rings is 1. The fraction of sp³-hybridized carbons (Fsp3) is 0.250. The Labute approximate surface area is 200 Å². The van der Waals surface area contributed by atoms with Gasteiger partial charge in [0.2, 0.25) is 0 Å². The van der Waals surface area contributed by atoms with Gasteiger partial charge in [-0.2, -0.15) is 0 Å². The van der Waals surface area contributed by atoms with Crippen molar-refractivity contribution in [1.29, 1.82) is 0 Å². The number of thioether (sulfide) groups is 2. The normalized spacial score (nSPS) is 11.1. The number of aromatic nitrogens is 4. The van der Waals surface area contributed by atoms with Crippen LogP contribution < -0.4 is 5.56 Å². The van der Waals surface area contributed by atoms with Gasteiger partial charge in [0.15, 0.2) is 4.77 Å². The monoisotopic (exact) mass is 480 g/mol. The molecule has 0 saturated heterocycles. The minimum absolute atomic E-state index is 0.00178. The molecule has 4 aromatic rings. The van der Waals surface area contributed by atoms with Crippen LogP contribution in [0.5, 0.6) is 0 Å². The molecule has 4 rings (SSSR count). The molecule has 32 heavy (non-hydrogen) atoms. The summed E-state index contributed by atoms with van der Waals surface area (Å²) < 4.78 is 4.49. The predicted molar refractivity (Wildman–Crippen MR) is 136 cm³/mol. The van der Waals surface area contributed by atoms with Crippen molar-refractivity contribution < 1.29 is 0 Å². The average molecular weight is 481 g/mol. The lowest BCUT2D eigenvalue weighted by atomic mass is 10.2. The third-order valence-corrected chi connectivity index (χ3v) is 7.66. The van der Waals surface area contributed by atoms with Crippen LogP contribution in [0.3, 0.4) is 0 Å². The number of para-hydroxylation sites is 1. The van der Waals surface area contributed by atoms with Gasteiger partial charge in [-0.1, -0.05) is 12.1 Å². The predicted octanol–water partition coefficient (Wildman–Crippen LogP) is 5.69. The smallest absolute Gasteiger partial charge is 0.262 e. The Morgan fingerprint density at radius 1 is 0.750 bits per heavy atom. The lowest BCUT2D eigenvalue weighted by molar-refractivity contribution is 0.581. The van der Waals surface area contributed by atoms with Crippen molar-refractivity contribution in [3.05, 3.63) is 88.4 Å². The van der Waals surface area contributed by atoms with Gasteiger partial charge in [0.05, 0.1) is 10.9 Å². The molecule has 0 spiro atoms. The van der Waals surface area contributed by atoms with Crippen LogP contribution in [-0.4, -0.2) is 30.6 Å². The molecule has 3 aromatic heterocycles. The minimum atomic E-state index is 0.00178. The van der Waals surface area contributed by atoms with Crippen LogP contribution in [0.2, 0.25) is 0 Å². The number of rotatable bonds is 10. The first-order valence-corrected chi connectivity index (χ1v) is 12.9. The Balaban J connectivity index is 1.47. The molecule has 0 radical (unpaired) electrons. The van der Waals surface area contributed by atoms with E-state index in [1.54, 1.807) is 28.7 Å². The quantitative estimate of drug-likeness (QED) is 0.165. The van der Waals surface area contributed by atoms with E-state index < -0.39 is 0 Å². The highest BCUT2D eigenvalue weighted by molar-refractivity contribution is 7.99. The minimum Gasteiger partial charge on any atom is -0.318 e. The van der Waals surface area contributed by atoms with Crippen LogP contribution in [-0.2, 0) is 13.1 Å². The van der Waals surface area contributed by atoms with Crippen molar-refractivity contribution in [2.45, 2.75) is 35.7 Å². The van der Waals surface area contributed by atoms with Crippen molar-refractivity contribution >= 4 is 46.6 Å². The molecule has 0 fully saturated rings. The number of hydrogen-bond acceptors (Lipinski definition) is 6. The molecule has 0 saturated carbocycles. The number of pyridine rings is 2. The Hall–Kier alpha value is -2.42. The van der Waals surface area contributed by atoms with Gasteiger partial charge < -0.3 is 4.57 Å². The molecule has 0 aliphatic rings. The van der Waals surface area contributed by atoms with E-state index in [1.807, 2.05) is 72.7 Å². The first-order valence-electron chi connectivity index (χ1n) is 10.5. The molecule has 5 nitrogen and oxygen atoms in total. The maximum Gasteiger partial charge on any atom is 0.262 e. The Bertz CT molecular complexity index is 1270. The summed E-state index contributed by atoms with van der Waals surface area (Å²) in [6.45, 7) is 1.40. The Morgan fingerprint density at radius 3 is 1.88 bits per heavy atom. The largest absolute Gasteiger partial charge is 0.318 e. The zero-order chi connectivity index (χ0) is 22.2. The maximum absolute atomic E-state index is 13.1. The van der Waals surface area contributed by atoms with Crippen molar-refractivity contribution in [2.24, 2.45) is 0 Å². The summed E-state index contributed by atoms with van der Waals surface area (Å²) in [5.74, 6) is 1.89. The van der Waals surface area contributed by atoms with E-state index in [0.717, 1.165) is 41.8 Å². The van der Waals surface area contributed by atoms with Crippen molar-refractivity contribution in [3.63, 3.8) is 0 Å². The van der Waals surface area contributed by atoms with Gasteiger partial charge in [-0.05, 0) is 73.0 Å². The number of fused-ring (bicyclic) bond motifs is 1. The first-order chi connectivity index (χ1) is 15.7. The van der Waals surface area contributed by atoms with E-state index in [1.165, 1.54) is 9.79 Å². The molecule has 0 aliphatic heterocycles. The lowest BCUT2D eigenvalue weighted by Crippen LogP contribution is -2.26. The summed E-state index contributed by atoms with van der Waals surface area (Å²) in [6.07, 6.45) is 9.05. The number of aryl methyl sites for hydroxylation is 1. The van der Waals surface area contributed by atoms with Crippen LogP contribution in [0.1, 0.15) is 12.8 Å². The fourth-order valence-electron chi connectivity index (χ4n) is 3.48. The molecule has 1 aromatic carbocycles. The van der Waals surface area contributed by atoms with Gasteiger partial charge in [-0.25, -0.2) is 0 Å². The van der Waals surface area contributed by atoms with Crippen molar-refractivity contribution in [1.82, 2.24) is 19.1 Å². The topological polar surface area (TPSA) is 52.7 Å². The first kappa shape index (κ1) is 22.8. The van der Waals surface area contributed by atoms with Crippen LogP contribution >= 0.6 is 35.7 Å². The van der Waals surface area contributed by atoms with Gasteiger partial charge in [-0.3, -0.25) is 19.3 Å². The number of nitrogens with zero attached hydrogens (tertiary/aromatic N) is 4. The van der Waals surface area contributed by atoms with E-state index in [0.29, 0.717) is 11.3 Å². The summed E-state index contributed by atoms with van der Waals surface area (Å²) in [6, 6.07) is 15.8. The van der Waals surface area contributed by atoms with E-state index in [-0.39, 0.29) is 5.56 Å². The third-order valence-electron chi connectivity index (χ3n) is 5.02. The van der Waals surface area contributed by atoms with E-state index >= 15 is 0 Å². The van der Waals surface area contributed by atoms with E-state index in [2.05, 4.69) is 14.5 Å². The summed E-state index contributed by atoms with van der Waals surface area (Å²) in [7, 11) is 0. The fourth-order valence-corrected chi connectivity index (χ4v) is 5.49. The van der Waals surface area contributed by atoms with Crippen LogP contribution in [0.25, 0.3) is 10.9 Å². The molecule has 8 heteroatoms. The summed E-state index contributed by atoms with van der Waals surface area (Å²) in [5, 5.41) is 0.727. The molecule has 0 N–H and O–H groups in total. The third kappa shape index (κ3) is 5.68. The Kier molecular flexibility index (Phi) is 8.14. The summed E-state index contributed by atoms with van der Waals surface area (Å²) in [4.78, 5) is 23.7. The second kappa shape index (κ2) is 11.4. The summed E-state index contributed by atoms with van der Waals surface area (Å²) in [5.41, 5.74) is 0.917. The van der Waals surface area contributed by atoms with Gasteiger partial charge >= 0.3 is 0 Å². The molecule has 0 bridgehead atoms. The van der Waals surface area contributed by atoms with Crippen LogP contribution in [0.4, 0.5) is 0 Å².